The molecule has 8 heteroatoms. The molecule has 0 aliphatic carbocycles. The lowest BCUT2D eigenvalue weighted by Crippen LogP contribution is -2.27. The van der Waals surface area contributed by atoms with Crippen LogP contribution in [0, 0.1) is 0 Å². The summed E-state index contributed by atoms with van der Waals surface area (Å²) in [6.45, 7) is 4.21. The highest BCUT2D eigenvalue weighted by atomic mass is 35.5. The van der Waals surface area contributed by atoms with Gasteiger partial charge < -0.3 is 14.2 Å². The summed E-state index contributed by atoms with van der Waals surface area (Å²) in [5, 5.41) is 0.0647. The zero-order chi connectivity index (χ0) is 21.3. The van der Waals surface area contributed by atoms with Crippen molar-refractivity contribution in [2.75, 3.05) is 6.79 Å². The molecular weight excluding hydrogens is 426 g/mol. The van der Waals surface area contributed by atoms with Gasteiger partial charge in [-0.25, -0.2) is 0 Å². The molecule has 2 aromatic carbocycles. The van der Waals surface area contributed by atoms with Gasteiger partial charge in [0.25, 0.3) is 11.1 Å². The number of para-hydroxylation sites is 1. The predicted molar refractivity (Wildman–Crippen MR) is 116 cm³/mol. The smallest absolute Gasteiger partial charge is 0.293 e. The lowest BCUT2D eigenvalue weighted by atomic mass is 10.1. The molecule has 2 heterocycles. The lowest BCUT2D eigenvalue weighted by molar-refractivity contribution is -0.123. The molecule has 0 radical (unpaired) electrons. The molecule has 1 saturated heterocycles. The van der Waals surface area contributed by atoms with Gasteiger partial charge in [-0.3, -0.25) is 14.5 Å². The van der Waals surface area contributed by atoms with Crippen LogP contribution in [0.25, 0.3) is 6.08 Å². The maximum absolute atomic E-state index is 12.9. The van der Waals surface area contributed by atoms with Crippen LogP contribution in [0.15, 0.2) is 41.3 Å². The van der Waals surface area contributed by atoms with Crippen LogP contribution in [-0.2, 0) is 11.3 Å². The van der Waals surface area contributed by atoms with Gasteiger partial charge in [-0.15, -0.1) is 0 Å². The van der Waals surface area contributed by atoms with E-state index in [1.807, 2.05) is 38.1 Å². The fourth-order valence-corrected chi connectivity index (χ4v) is 4.08. The largest absolute Gasteiger partial charge is 0.490 e. The molecule has 0 bridgehead atoms. The monoisotopic (exact) mass is 445 g/mol. The average Bonchev–Trinajstić information content (AvgIpc) is 3.28. The Morgan fingerprint density at radius 1 is 1.23 bits per heavy atom. The van der Waals surface area contributed by atoms with Crippen LogP contribution in [0.2, 0.25) is 5.02 Å². The van der Waals surface area contributed by atoms with Gasteiger partial charge in [0.2, 0.25) is 6.79 Å². The number of hydrogen-bond donors (Lipinski definition) is 0. The van der Waals surface area contributed by atoms with Crippen LogP contribution < -0.4 is 14.2 Å². The first kappa shape index (κ1) is 20.6. The Morgan fingerprint density at radius 2 is 1.97 bits per heavy atom. The maximum atomic E-state index is 12.9. The molecule has 1 atom stereocenters. The highest BCUT2D eigenvalue weighted by molar-refractivity contribution is 8.18. The average molecular weight is 446 g/mol. The third kappa shape index (κ3) is 4.13. The maximum Gasteiger partial charge on any atom is 0.293 e. The zero-order valence-electron chi connectivity index (χ0n) is 16.5. The first-order chi connectivity index (χ1) is 14.5. The first-order valence-electron chi connectivity index (χ1n) is 9.55. The molecule has 2 aromatic rings. The summed E-state index contributed by atoms with van der Waals surface area (Å²) >= 11 is 7.21. The Kier molecular flexibility index (Phi) is 5.92. The van der Waals surface area contributed by atoms with Crippen molar-refractivity contribution in [1.82, 2.24) is 4.90 Å². The SMILES string of the molecule is CC[C@@H](C)Oc1ccccc1/C=C1/SC(=O)N(Cc2cc3c(cc2Cl)OCO3)C1=O. The highest BCUT2D eigenvalue weighted by Crippen LogP contribution is 2.39. The van der Waals surface area contributed by atoms with E-state index in [1.165, 1.54) is 4.90 Å². The summed E-state index contributed by atoms with van der Waals surface area (Å²) in [4.78, 5) is 27.0. The van der Waals surface area contributed by atoms with E-state index in [4.69, 9.17) is 25.8 Å². The molecular formula is C22H20ClNO5S. The number of ether oxygens (including phenoxy) is 3. The molecule has 2 aliphatic heterocycles. The van der Waals surface area contributed by atoms with Gasteiger partial charge >= 0.3 is 0 Å². The van der Waals surface area contributed by atoms with Crippen LogP contribution in [0.1, 0.15) is 31.4 Å². The first-order valence-corrected chi connectivity index (χ1v) is 10.7. The minimum absolute atomic E-state index is 0.0442. The summed E-state index contributed by atoms with van der Waals surface area (Å²) in [6.07, 6.45) is 2.60. The van der Waals surface area contributed by atoms with Gasteiger partial charge in [0.05, 0.1) is 17.6 Å². The van der Waals surface area contributed by atoms with E-state index in [1.54, 1.807) is 18.2 Å². The number of halogens is 1. The number of benzene rings is 2. The second-order valence-corrected chi connectivity index (χ2v) is 8.34. The van der Waals surface area contributed by atoms with E-state index >= 15 is 0 Å². The summed E-state index contributed by atoms with van der Waals surface area (Å²) in [7, 11) is 0. The molecule has 2 aliphatic rings. The molecule has 0 unspecified atom stereocenters. The van der Waals surface area contributed by atoms with Crippen LogP contribution in [0.4, 0.5) is 4.79 Å². The Labute approximate surface area is 183 Å². The van der Waals surface area contributed by atoms with Crippen molar-refractivity contribution in [1.29, 1.82) is 0 Å². The fourth-order valence-electron chi connectivity index (χ4n) is 3.04. The number of amides is 2. The van der Waals surface area contributed by atoms with E-state index in [2.05, 4.69) is 0 Å². The Balaban J connectivity index is 1.57. The quantitative estimate of drug-likeness (QED) is 0.548. The van der Waals surface area contributed by atoms with Gasteiger partial charge in [0, 0.05) is 16.7 Å². The second kappa shape index (κ2) is 8.62. The zero-order valence-corrected chi connectivity index (χ0v) is 18.1. The van der Waals surface area contributed by atoms with Gasteiger partial charge in [0.15, 0.2) is 11.5 Å². The number of carbonyl (C=O) groups is 2. The van der Waals surface area contributed by atoms with Crippen LogP contribution in [0.5, 0.6) is 17.2 Å². The minimum atomic E-state index is -0.364. The standard InChI is InChI=1S/C22H20ClNO5S/c1-3-13(2)29-17-7-5-4-6-14(17)9-20-21(25)24(22(26)30-20)11-15-8-18-19(10-16(15)23)28-12-27-18/h4-10,13H,3,11-12H2,1-2H3/b20-9+/t13-/m1/s1. The van der Waals surface area contributed by atoms with Crippen molar-refractivity contribution >= 4 is 40.6 Å². The van der Waals surface area contributed by atoms with Crippen molar-refractivity contribution in [3.63, 3.8) is 0 Å². The summed E-state index contributed by atoms with van der Waals surface area (Å²) in [6, 6.07) is 10.8. The summed E-state index contributed by atoms with van der Waals surface area (Å²) in [5.74, 6) is 1.42. The van der Waals surface area contributed by atoms with Crippen molar-refractivity contribution in [3.8, 4) is 17.2 Å². The normalized spacial score (nSPS) is 17.7. The molecule has 0 N–H and O–H groups in total. The molecule has 30 heavy (non-hydrogen) atoms. The van der Waals surface area contributed by atoms with E-state index in [9.17, 15) is 9.59 Å². The molecule has 0 spiro atoms. The fraction of sp³-hybridized carbons (Fsp3) is 0.273. The number of hydrogen-bond acceptors (Lipinski definition) is 6. The Hall–Kier alpha value is -2.64. The van der Waals surface area contributed by atoms with Gasteiger partial charge in [-0.05, 0) is 48.9 Å². The van der Waals surface area contributed by atoms with Crippen LogP contribution in [-0.4, -0.2) is 28.9 Å². The predicted octanol–water partition coefficient (Wildman–Crippen LogP) is 5.48. The molecule has 6 nitrogen and oxygen atoms in total. The molecule has 0 aromatic heterocycles. The number of nitrogens with zero attached hydrogens (tertiary/aromatic N) is 1. The Morgan fingerprint density at radius 3 is 2.73 bits per heavy atom. The van der Waals surface area contributed by atoms with Crippen molar-refractivity contribution in [3.05, 3.63) is 57.5 Å². The molecule has 156 valence electrons. The third-order valence-corrected chi connectivity index (χ3v) is 6.11. The second-order valence-electron chi connectivity index (χ2n) is 6.94. The molecule has 1 fully saturated rings. The van der Waals surface area contributed by atoms with Gasteiger partial charge in [-0.2, -0.15) is 0 Å². The van der Waals surface area contributed by atoms with Crippen molar-refractivity contribution in [2.45, 2.75) is 32.9 Å². The number of imide groups is 1. The van der Waals surface area contributed by atoms with E-state index in [0.717, 1.165) is 23.7 Å². The summed E-state index contributed by atoms with van der Waals surface area (Å²) < 4.78 is 16.6. The number of carbonyl (C=O) groups excluding carboxylic acids is 2. The van der Waals surface area contributed by atoms with E-state index < -0.39 is 0 Å². The van der Waals surface area contributed by atoms with Gasteiger partial charge in [-0.1, -0.05) is 36.7 Å². The number of fused-ring (bicyclic) bond motifs is 1. The molecule has 4 rings (SSSR count). The number of thioether (sulfide) groups is 1. The number of rotatable bonds is 6. The van der Waals surface area contributed by atoms with Crippen LogP contribution >= 0.6 is 23.4 Å². The van der Waals surface area contributed by atoms with Gasteiger partial charge in [0.1, 0.15) is 5.75 Å². The highest BCUT2D eigenvalue weighted by Gasteiger charge is 2.36. The van der Waals surface area contributed by atoms with E-state index in [-0.39, 0.29) is 30.6 Å². The third-order valence-electron chi connectivity index (χ3n) is 4.85. The van der Waals surface area contributed by atoms with Crippen molar-refractivity contribution in [2.24, 2.45) is 0 Å². The lowest BCUT2D eigenvalue weighted by Gasteiger charge is -2.15. The van der Waals surface area contributed by atoms with Crippen molar-refractivity contribution < 1.29 is 23.8 Å². The topological polar surface area (TPSA) is 65.1 Å². The Bertz CT molecular complexity index is 1040. The van der Waals surface area contributed by atoms with Crippen LogP contribution in [0.3, 0.4) is 0 Å². The molecule has 0 saturated carbocycles. The van der Waals surface area contributed by atoms with E-state index in [0.29, 0.717) is 32.7 Å². The minimum Gasteiger partial charge on any atom is -0.490 e. The summed E-state index contributed by atoms with van der Waals surface area (Å²) in [5.41, 5.74) is 1.37. The molecule has 2 amide bonds.